The predicted octanol–water partition coefficient (Wildman–Crippen LogP) is 6.63. The molecule has 0 aliphatic carbocycles. The summed E-state index contributed by atoms with van der Waals surface area (Å²) in [6.07, 6.45) is 2.19. The SMILES string of the molecule is CC/C=C(\C=C/C(C)C)C1C(c2ccc(S)cc2)N=C(c2ccc(C(F)(F)F)cc2OC)N1C(=O)N1CCN(C(=O)COC)CC1. The van der Waals surface area contributed by atoms with Crippen LogP contribution >= 0.6 is 12.6 Å². The van der Waals surface area contributed by atoms with Gasteiger partial charge in [0.05, 0.1) is 24.3 Å². The molecule has 1 saturated heterocycles. The molecule has 46 heavy (non-hydrogen) atoms. The monoisotopic (exact) mass is 658 g/mol. The summed E-state index contributed by atoms with van der Waals surface area (Å²) in [5.74, 6) is 0.217. The number of halogens is 3. The first-order chi connectivity index (χ1) is 21.9. The minimum Gasteiger partial charge on any atom is -0.496 e. The van der Waals surface area contributed by atoms with E-state index in [-0.39, 0.29) is 54.7 Å². The first kappa shape index (κ1) is 35.1. The summed E-state index contributed by atoms with van der Waals surface area (Å²) in [6.45, 7) is 7.24. The highest BCUT2D eigenvalue weighted by molar-refractivity contribution is 7.80. The van der Waals surface area contributed by atoms with Crippen molar-refractivity contribution in [3.63, 3.8) is 0 Å². The van der Waals surface area contributed by atoms with Crippen molar-refractivity contribution < 1.29 is 32.2 Å². The third-order valence-electron chi connectivity index (χ3n) is 7.90. The third-order valence-corrected chi connectivity index (χ3v) is 8.20. The smallest absolute Gasteiger partial charge is 0.416 e. The molecule has 0 aromatic heterocycles. The largest absolute Gasteiger partial charge is 0.496 e. The zero-order valence-electron chi connectivity index (χ0n) is 26.8. The number of benzene rings is 2. The van der Waals surface area contributed by atoms with E-state index in [0.29, 0.717) is 19.5 Å². The van der Waals surface area contributed by atoms with Gasteiger partial charge in [-0.15, -0.1) is 12.6 Å². The summed E-state index contributed by atoms with van der Waals surface area (Å²) < 4.78 is 51.6. The number of piperazine rings is 1. The van der Waals surface area contributed by atoms with Crippen LogP contribution in [0.2, 0.25) is 0 Å². The van der Waals surface area contributed by atoms with Crippen molar-refractivity contribution in [1.82, 2.24) is 14.7 Å². The number of carbonyl (C=O) groups excluding carboxylic acids is 2. The summed E-state index contributed by atoms with van der Waals surface area (Å²) in [5.41, 5.74) is 1.06. The van der Waals surface area contributed by atoms with Gasteiger partial charge in [-0.25, -0.2) is 4.79 Å². The highest BCUT2D eigenvalue weighted by atomic mass is 32.1. The summed E-state index contributed by atoms with van der Waals surface area (Å²) >= 11 is 4.44. The number of thiol groups is 1. The number of hydrogen-bond acceptors (Lipinski definition) is 6. The van der Waals surface area contributed by atoms with Crippen molar-refractivity contribution in [1.29, 1.82) is 0 Å². The molecule has 0 spiro atoms. The minimum absolute atomic E-state index is 0.0488. The summed E-state index contributed by atoms with van der Waals surface area (Å²) in [6, 6.07) is 9.13. The van der Waals surface area contributed by atoms with Gasteiger partial charge in [0, 0.05) is 38.2 Å². The molecule has 0 N–H and O–H groups in total. The van der Waals surface area contributed by atoms with Gasteiger partial charge in [-0.2, -0.15) is 13.2 Å². The zero-order valence-corrected chi connectivity index (χ0v) is 27.6. The van der Waals surface area contributed by atoms with E-state index < -0.39 is 23.8 Å². The molecule has 3 amide bonds. The number of allylic oxidation sites excluding steroid dienone is 2. The lowest BCUT2D eigenvalue weighted by Crippen LogP contribution is -2.57. The predicted molar refractivity (Wildman–Crippen MR) is 174 cm³/mol. The molecule has 8 nitrogen and oxygen atoms in total. The Morgan fingerprint density at radius 3 is 2.26 bits per heavy atom. The van der Waals surface area contributed by atoms with Crippen LogP contribution in [0.4, 0.5) is 18.0 Å². The van der Waals surface area contributed by atoms with Gasteiger partial charge in [0.15, 0.2) is 0 Å². The Labute approximate surface area is 274 Å². The highest BCUT2D eigenvalue weighted by Crippen LogP contribution is 2.41. The number of methoxy groups -OCH3 is 2. The third kappa shape index (κ3) is 7.95. The lowest BCUT2D eigenvalue weighted by molar-refractivity contribution is -0.138. The van der Waals surface area contributed by atoms with E-state index in [1.165, 1.54) is 20.3 Å². The van der Waals surface area contributed by atoms with Crippen LogP contribution in [0.3, 0.4) is 0 Å². The molecule has 0 bridgehead atoms. The van der Waals surface area contributed by atoms with Crippen molar-refractivity contribution in [2.45, 2.75) is 50.3 Å². The summed E-state index contributed by atoms with van der Waals surface area (Å²) in [7, 11) is 2.75. The summed E-state index contributed by atoms with van der Waals surface area (Å²) in [5, 5.41) is 0. The number of urea groups is 1. The Hall–Kier alpha value is -3.77. The van der Waals surface area contributed by atoms with Gasteiger partial charge in [0.25, 0.3) is 0 Å². The highest BCUT2D eigenvalue weighted by Gasteiger charge is 2.45. The molecular weight excluding hydrogens is 617 g/mol. The van der Waals surface area contributed by atoms with Crippen molar-refractivity contribution >= 4 is 30.4 Å². The van der Waals surface area contributed by atoms with Crippen molar-refractivity contribution in [2.75, 3.05) is 47.0 Å². The molecule has 1 fully saturated rings. The Morgan fingerprint density at radius 2 is 1.70 bits per heavy atom. The van der Waals surface area contributed by atoms with Crippen LogP contribution in [0, 0.1) is 5.92 Å². The number of hydrogen-bond donors (Lipinski definition) is 1. The van der Waals surface area contributed by atoms with Gasteiger partial charge in [-0.1, -0.05) is 51.1 Å². The average Bonchev–Trinajstić information content (AvgIpc) is 3.42. The molecule has 2 aromatic rings. The molecular formula is C34H41F3N4O4S. The average molecular weight is 659 g/mol. The Morgan fingerprint density at radius 1 is 1.04 bits per heavy atom. The van der Waals surface area contributed by atoms with Gasteiger partial charge in [0.1, 0.15) is 24.2 Å². The molecule has 2 atom stereocenters. The van der Waals surface area contributed by atoms with Crippen LogP contribution in [-0.2, 0) is 15.7 Å². The van der Waals surface area contributed by atoms with Crippen LogP contribution in [0.25, 0.3) is 0 Å². The molecule has 2 aliphatic heterocycles. The molecule has 0 radical (unpaired) electrons. The molecule has 248 valence electrons. The lowest BCUT2D eigenvalue weighted by Gasteiger charge is -2.39. The van der Waals surface area contributed by atoms with E-state index in [9.17, 15) is 22.8 Å². The van der Waals surface area contributed by atoms with E-state index in [2.05, 4.69) is 32.6 Å². The Balaban J connectivity index is 1.88. The van der Waals surface area contributed by atoms with E-state index in [0.717, 1.165) is 28.2 Å². The van der Waals surface area contributed by atoms with Gasteiger partial charge < -0.3 is 19.3 Å². The maximum absolute atomic E-state index is 14.7. The Kier molecular flexibility index (Phi) is 11.6. The maximum atomic E-state index is 14.7. The number of carbonyl (C=O) groups is 2. The molecule has 0 saturated carbocycles. The van der Waals surface area contributed by atoms with Crippen LogP contribution in [0.1, 0.15) is 49.9 Å². The number of rotatable bonds is 9. The standard InChI is InChI=1S/C34H41F3N4O4S/c1-6-7-24(9-8-22(2)3)31-30(23-10-13-26(46)14-11-23)38-32(27-15-12-25(34(35,36)37)20-28(27)45-5)41(31)33(43)40-18-16-39(17-19-40)29(42)21-44-4/h7-15,20,22,30-31,46H,6,16-19,21H2,1-5H3/b9-8-,24-7+. The fraction of sp³-hybridized carbons (Fsp3) is 0.441. The number of aliphatic imine (C=N–C) groups is 1. The first-order valence-corrected chi connectivity index (χ1v) is 15.7. The molecule has 2 heterocycles. The van der Waals surface area contributed by atoms with Crippen LogP contribution < -0.4 is 4.74 Å². The number of nitrogens with zero attached hydrogens (tertiary/aromatic N) is 4. The van der Waals surface area contributed by atoms with E-state index >= 15 is 0 Å². The van der Waals surface area contributed by atoms with E-state index in [1.54, 1.807) is 14.7 Å². The topological polar surface area (TPSA) is 74.7 Å². The van der Waals surface area contributed by atoms with Gasteiger partial charge in [0.2, 0.25) is 5.91 Å². The second-order valence-electron chi connectivity index (χ2n) is 11.5. The quantitative estimate of drug-likeness (QED) is 0.243. The lowest BCUT2D eigenvalue weighted by atomic mass is 9.92. The van der Waals surface area contributed by atoms with Crippen LogP contribution in [0.15, 0.2) is 76.2 Å². The van der Waals surface area contributed by atoms with Gasteiger partial charge in [-0.05, 0) is 53.8 Å². The molecule has 4 rings (SSSR count). The summed E-state index contributed by atoms with van der Waals surface area (Å²) in [4.78, 5) is 37.9. The molecule has 2 aliphatic rings. The fourth-order valence-corrected chi connectivity index (χ4v) is 5.75. The second-order valence-corrected chi connectivity index (χ2v) is 12.0. The van der Waals surface area contributed by atoms with E-state index in [1.807, 2.05) is 43.3 Å². The molecule has 2 unspecified atom stereocenters. The van der Waals surface area contributed by atoms with Gasteiger partial charge >= 0.3 is 12.2 Å². The normalized spacial score (nSPS) is 19.3. The Bertz CT molecular complexity index is 1480. The number of amides is 3. The van der Waals surface area contributed by atoms with Crippen molar-refractivity contribution in [2.24, 2.45) is 10.9 Å². The van der Waals surface area contributed by atoms with Crippen molar-refractivity contribution in [3.05, 3.63) is 83.0 Å². The number of alkyl halides is 3. The van der Waals surface area contributed by atoms with Crippen molar-refractivity contribution in [3.8, 4) is 5.75 Å². The minimum atomic E-state index is -4.59. The van der Waals surface area contributed by atoms with Crippen LogP contribution in [0.5, 0.6) is 5.75 Å². The first-order valence-electron chi connectivity index (χ1n) is 15.2. The molecule has 2 aromatic carbocycles. The fourth-order valence-electron chi connectivity index (χ4n) is 5.60. The second kappa shape index (κ2) is 15.2. The number of ether oxygens (including phenoxy) is 2. The van der Waals surface area contributed by atoms with E-state index in [4.69, 9.17) is 14.5 Å². The molecule has 12 heteroatoms. The zero-order chi connectivity index (χ0) is 33.6. The number of amidine groups is 1. The maximum Gasteiger partial charge on any atom is 0.416 e. The van der Waals surface area contributed by atoms with Gasteiger partial charge in [-0.3, -0.25) is 14.7 Å². The van der Waals surface area contributed by atoms with Crippen LogP contribution in [-0.4, -0.2) is 85.5 Å².